The van der Waals surface area contributed by atoms with E-state index >= 15 is 0 Å². The highest BCUT2D eigenvalue weighted by atomic mass is 35.5. The fraction of sp³-hybridized carbons (Fsp3) is 0.333. The average molecular weight is 883 g/mol. The number of halogens is 2. The molecule has 0 spiro atoms. The molecule has 60 heavy (non-hydrogen) atoms. The van der Waals surface area contributed by atoms with Gasteiger partial charge >= 0.3 is 0 Å². The van der Waals surface area contributed by atoms with Gasteiger partial charge in [-0.05, 0) is 93.4 Å². The fourth-order valence-electron chi connectivity index (χ4n) is 6.26. The lowest BCUT2D eigenvalue weighted by molar-refractivity contribution is -0.110. The number of sulfonamides is 1. The van der Waals surface area contributed by atoms with Crippen LogP contribution in [0.15, 0.2) is 76.5 Å². The first-order chi connectivity index (χ1) is 28.5. The molecule has 0 saturated heterocycles. The van der Waals surface area contributed by atoms with E-state index in [2.05, 4.69) is 20.3 Å². The largest absolute Gasteiger partial charge is 0.495 e. The molecule has 1 atom stereocenters. The van der Waals surface area contributed by atoms with E-state index < -0.39 is 27.8 Å². The number of nitrogens with one attached hydrogen (secondary N) is 3. The van der Waals surface area contributed by atoms with Crippen LogP contribution >= 0.6 is 23.2 Å². The number of hydrogen-bond donors (Lipinski definition) is 3. The number of aromatic nitrogens is 2. The van der Waals surface area contributed by atoms with Crippen LogP contribution in [0.1, 0.15) is 42.8 Å². The normalized spacial score (nSPS) is 12.3. The van der Waals surface area contributed by atoms with Crippen LogP contribution in [-0.4, -0.2) is 82.9 Å². The second kappa shape index (κ2) is 20.2. The number of methoxy groups -OCH3 is 1. The van der Waals surface area contributed by atoms with Crippen LogP contribution in [0.5, 0.6) is 11.5 Å². The minimum Gasteiger partial charge on any atom is -0.495 e. The van der Waals surface area contributed by atoms with Crippen molar-refractivity contribution in [3.8, 4) is 11.5 Å². The molecular weight excluding hydrogens is 833 g/mol. The second-order valence-corrected chi connectivity index (χ2v) is 16.4. The minimum absolute atomic E-state index is 0.0655. The van der Waals surface area contributed by atoms with Crippen LogP contribution in [0.2, 0.25) is 10.0 Å². The van der Waals surface area contributed by atoms with Crippen molar-refractivity contribution in [3.63, 3.8) is 0 Å². The number of carbonyl (C=O) groups is 1. The van der Waals surface area contributed by atoms with Crippen molar-refractivity contribution in [3.05, 3.63) is 110 Å². The summed E-state index contributed by atoms with van der Waals surface area (Å²) in [5.74, 6) is 0.0666. The van der Waals surface area contributed by atoms with Gasteiger partial charge in [-0.15, -0.1) is 4.73 Å². The van der Waals surface area contributed by atoms with Gasteiger partial charge in [-0.2, -0.15) is 0 Å². The van der Waals surface area contributed by atoms with Crippen LogP contribution in [0.25, 0.3) is 10.9 Å². The zero-order valence-corrected chi connectivity index (χ0v) is 37.0. The van der Waals surface area contributed by atoms with E-state index in [4.69, 9.17) is 47.2 Å². The molecule has 1 aromatic heterocycles. The monoisotopic (exact) mass is 881 g/mol. The molecule has 0 radical (unpaired) electrons. The molecule has 0 aliphatic heterocycles. The molecule has 1 amide bonds. The van der Waals surface area contributed by atoms with Crippen molar-refractivity contribution in [1.29, 1.82) is 0 Å². The second-order valence-electron chi connectivity index (χ2n) is 13.8. The van der Waals surface area contributed by atoms with Gasteiger partial charge in [-0.1, -0.05) is 47.8 Å². The number of ether oxygens (including phenoxy) is 3. The quantitative estimate of drug-likeness (QED) is 0.0574. The third kappa shape index (κ3) is 11.5. The van der Waals surface area contributed by atoms with E-state index in [1.54, 1.807) is 30.3 Å². The highest BCUT2D eigenvalue weighted by Gasteiger charge is 2.26. The Morgan fingerprint density at radius 3 is 2.37 bits per heavy atom. The Labute approximate surface area is 359 Å². The molecule has 4 aromatic carbocycles. The maximum atomic E-state index is 14.6. The standard InChI is InChI=1S/C42H49Cl2N7O8S/c1-9-37(59-35-15-11-25(3)19-27(35)5)58-24-45-29-12-16-36(56-6)34(23-29)48-41(52)39(40-49-38-31(42(53)51(40)57-7)21-28(43)22-32(38)44)47-33-14-13-30(20-26(33)4)50(10-2)18-17-46-60(8,54)55/h11-16,19-23,37,45-46H,9-10,17-18,24H2,1-8H3,(H,48,52). The Hall–Kier alpha value is -5.39. The van der Waals surface area contributed by atoms with Gasteiger partial charge in [0.25, 0.3) is 11.5 Å². The predicted octanol–water partition coefficient (Wildman–Crippen LogP) is 7.03. The van der Waals surface area contributed by atoms with Crippen molar-refractivity contribution in [2.75, 3.05) is 62.4 Å². The van der Waals surface area contributed by atoms with Gasteiger partial charge in [0.15, 0.2) is 5.71 Å². The van der Waals surface area contributed by atoms with E-state index in [0.717, 1.165) is 33.5 Å². The van der Waals surface area contributed by atoms with E-state index in [1.165, 1.54) is 26.4 Å². The SMILES string of the molecule is CCC(OCNc1ccc(OC)c(NC(=O)C(=Nc2ccc(N(CC)CCNS(C)(=O)=O)cc2C)c2nc3c(Cl)cc(Cl)cc3c(=O)n2OC)c1)Oc1ccc(C)cc1C. The van der Waals surface area contributed by atoms with Gasteiger partial charge < -0.3 is 34.6 Å². The summed E-state index contributed by atoms with van der Waals surface area (Å²) in [4.78, 5) is 45.3. The summed E-state index contributed by atoms with van der Waals surface area (Å²) in [5, 5.41) is 6.45. The molecule has 5 rings (SSSR count). The maximum Gasteiger partial charge on any atom is 0.294 e. The molecular formula is C42H49Cl2N7O8S. The van der Waals surface area contributed by atoms with E-state index in [-0.39, 0.29) is 51.4 Å². The summed E-state index contributed by atoms with van der Waals surface area (Å²) in [5.41, 5.74) is 3.96. The number of hydrogen-bond acceptors (Lipinski definition) is 12. The summed E-state index contributed by atoms with van der Waals surface area (Å²) in [7, 11) is -0.635. The molecule has 5 aromatic rings. The first-order valence-corrected chi connectivity index (χ1v) is 21.6. The summed E-state index contributed by atoms with van der Waals surface area (Å²) in [6.07, 6.45) is 1.18. The predicted molar refractivity (Wildman–Crippen MR) is 238 cm³/mol. The first-order valence-electron chi connectivity index (χ1n) is 19.0. The summed E-state index contributed by atoms with van der Waals surface area (Å²) >= 11 is 12.8. The van der Waals surface area contributed by atoms with Gasteiger partial charge in [-0.25, -0.2) is 23.1 Å². The summed E-state index contributed by atoms with van der Waals surface area (Å²) in [6, 6.07) is 19.3. The Balaban J connectivity index is 1.50. The lowest BCUT2D eigenvalue weighted by Crippen LogP contribution is -2.36. The van der Waals surface area contributed by atoms with Gasteiger partial charge in [0.2, 0.25) is 22.1 Å². The molecule has 0 fully saturated rings. The number of benzene rings is 4. The van der Waals surface area contributed by atoms with E-state index in [9.17, 15) is 18.0 Å². The lowest BCUT2D eigenvalue weighted by atomic mass is 10.1. The number of aliphatic imine (C=N–C) groups is 1. The number of carbonyl (C=O) groups excluding carboxylic acids is 1. The highest BCUT2D eigenvalue weighted by Crippen LogP contribution is 2.31. The summed E-state index contributed by atoms with van der Waals surface area (Å²) < 4.78 is 44.4. The van der Waals surface area contributed by atoms with Crippen molar-refractivity contribution in [2.24, 2.45) is 4.99 Å². The number of nitrogens with zero attached hydrogens (tertiary/aromatic N) is 4. The number of fused-ring (bicyclic) bond motifs is 1. The van der Waals surface area contributed by atoms with Crippen LogP contribution in [-0.2, 0) is 19.6 Å². The molecule has 15 nitrogen and oxygen atoms in total. The smallest absolute Gasteiger partial charge is 0.294 e. The number of rotatable bonds is 19. The van der Waals surface area contributed by atoms with Crippen LogP contribution in [0, 0.1) is 20.8 Å². The zero-order chi connectivity index (χ0) is 43.7. The van der Waals surface area contributed by atoms with Gasteiger partial charge in [0, 0.05) is 42.5 Å². The number of anilines is 3. The molecule has 0 bridgehead atoms. The molecule has 320 valence electrons. The molecule has 18 heteroatoms. The van der Waals surface area contributed by atoms with Crippen LogP contribution < -0.4 is 40.1 Å². The van der Waals surface area contributed by atoms with Gasteiger partial charge in [0.05, 0.1) is 40.7 Å². The van der Waals surface area contributed by atoms with Crippen molar-refractivity contribution in [1.82, 2.24) is 14.4 Å². The Bertz CT molecular complexity index is 2570. The van der Waals surface area contributed by atoms with Crippen molar-refractivity contribution < 1.29 is 32.3 Å². The maximum absolute atomic E-state index is 14.6. The van der Waals surface area contributed by atoms with Crippen molar-refractivity contribution >= 4 is 78.5 Å². The number of amides is 1. The Morgan fingerprint density at radius 1 is 0.967 bits per heavy atom. The van der Waals surface area contributed by atoms with Gasteiger partial charge in [0.1, 0.15) is 25.3 Å². The Morgan fingerprint density at radius 2 is 1.72 bits per heavy atom. The lowest BCUT2D eigenvalue weighted by Gasteiger charge is -2.24. The van der Waals surface area contributed by atoms with Crippen LogP contribution in [0.4, 0.5) is 22.7 Å². The number of aryl methyl sites for hydroxylation is 3. The zero-order valence-electron chi connectivity index (χ0n) is 34.7. The highest BCUT2D eigenvalue weighted by molar-refractivity contribution is 7.88. The molecule has 0 saturated carbocycles. The molecule has 0 aliphatic carbocycles. The fourth-order valence-corrected chi connectivity index (χ4v) is 7.26. The average Bonchev–Trinajstić information content (AvgIpc) is 3.19. The Kier molecular flexibility index (Phi) is 15.4. The third-order valence-corrected chi connectivity index (χ3v) is 10.5. The van der Waals surface area contributed by atoms with E-state index in [0.29, 0.717) is 42.2 Å². The molecule has 1 heterocycles. The number of likely N-dealkylation sites (N-methyl/N-ethyl adjacent to an activating group) is 1. The first kappa shape index (κ1) is 45.7. The summed E-state index contributed by atoms with van der Waals surface area (Å²) in [6.45, 7) is 11.0. The minimum atomic E-state index is -3.36. The van der Waals surface area contributed by atoms with Crippen LogP contribution in [0.3, 0.4) is 0 Å². The third-order valence-electron chi connectivity index (χ3n) is 9.28. The van der Waals surface area contributed by atoms with Crippen molar-refractivity contribution in [2.45, 2.75) is 47.3 Å². The molecule has 0 aliphatic rings. The molecule has 3 N–H and O–H groups in total. The topological polar surface area (TPSA) is 175 Å². The molecule has 1 unspecified atom stereocenters. The van der Waals surface area contributed by atoms with Gasteiger partial charge in [-0.3, -0.25) is 9.59 Å². The van der Waals surface area contributed by atoms with E-state index in [1.807, 2.05) is 63.8 Å².